The van der Waals surface area contributed by atoms with Gasteiger partial charge in [0.1, 0.15) is 11.1 Å². The molecule has 0 aliphatic rings. The summed E-state index contributed by atoms with van der Waals surface area (Å²) in [6.45, 7) is 0. The SMILES string of the molecule is COC(=O)c1cn(C(=O)OC)c2snnc12. The third-order valence-corrected chi connectivity index (χ3v) is 2.71. The molecular formula is C8H7N3O4S. The summed E-state index contributed by atoms with van der Waals surface area (Å²) in [6.07, 6.45) is 0.722. The van der Waals surface area contributed by atoms with Crippen LogP contribution in [0.4, 0.5) is 4.79 Å². The standard InChI is InChI=1S/C8H7N3O4S/c1-14-7(12)4-3-11(8(13)15-2)6-5(4)9-10-16-6/h3H,1-2H3. The fraction of sp³-hybridized carbons (Fsp3) is 0.250. The first-order chi connectivity index (χ1) is 7.69. The van der Waals surface area contributed by atoms with Gasteiger partial charge >= 0.3 is 12.1 Å². The minimum absolute atomic E-state index is 0.191. The van der Waals surface area contributed by atoms with Gasteiger partial charge in [-0.05, 0) is 0 Å². The number of carbonyl (C=O) groups excluding carboxylic acids is 2. The Hall–Kier alpha value is -1.96. The zero-order chi connectivity index (χ0) is 11.7. The fourth-order valence-corrected chi connectivity index (χ4v) is 1.91. The summed E-state index contributed by atoms with van der Waals surface area (Å²) in [7, 11) is 2.50. The van der Waals surface area contributed by atoms with E-state index in [1.807, 2.05) is 0 Å². The van der Waals surface area contributed by atoms with Gasteiger partial charge in [0.25, 0.3) is 0 Å². The lowest BCUT2D eigenvalue weighted by Gasteiger charge is -1.97. The van der Waals surface area contributed by atoms with E-state index in [-0.39, 0.29) is 5.56 Å². The van der Waals surface area contributed by atoms with Gasteiger partial charge in [0.15, 0.2) is 4.83 Å². The molecule has 2 rings (SSSR count). The van der Waals surface area contributed by atoms with Crippen LogP contribution < -0.4 is 0 Å². The molecular weight excluding hydrogens is 234 g/mol. The largest absolute Gasteiger partial charge is 0.465 e. The molecule has 0 amide bonds. The maximum absolute atomic E-state index is 11.4. The zero-order valence-electron chi connectivity index (χ0n) is 8.46. The molecule has 0 N–H and O–H groups in total. The van der Waals surface area contributed by atoms with Gasteiger partial charge in [-0.25, -0.2) is 14.2 Å². The molecule has 0 radical (unpaired) electrons. The second-order valence-electron chi connectivity index (χ2n) is 2.80. The van der Waals surface area contributed by atoms with Crippen LogP contribution in [0.3, 0.4) is 0 Å². The molecule has 0 unspecified atom stereocenters. The average Bonchev–Trinajstić information content (AvgIpc) is 2.87. The minimum atomic E-state index is -0.605. The highest BCUT2D eigenvalue weighted by molar-refractivity contribution is 7.12. The Bertz CT molecular complexity index is 513. The molecule has 0 aliphatic carbocycles. The van der Waals surface area contributed by atoms with Crippen molar-refractivity contribution in [3.63, 3.8) is 0 Å². The van der Waals surface area contributed by atoms with E-state index in [0.717, 1.165) is 11.5 Å². The van der Waals surface area contributed by atoms with Crippen molar-refractivity contribution in [1.29, 1.82) is 0 Å². The number of carbonyl (C=O) groups is 2. The maximum atomic E-state index is 11.4. The summed E-state index contributed by atoms with van der Waals surface area (Å²) in [5.74, 6) is -0.569. The monoisotopic (exact) mass is 241 g/mol. The molecule has 0 bridgehead atoms. The average molecular weight is 241 g/mol. The van der Waals surface area contributed by atoms with Crippen molar-refractivity contribution in [2.75, 3.05) is 14.2 Å². The van der Waals surface area contributed by atoms with E-state index in [1.54, 1.807) is 0 Å². The number of ether oxygens (including phenoxy) is 2. The topological polar surface area (TPSA) is 83.3 Å². The summed E-state index contributed by atoms with van der Waals surface area (Å²) in [5, 5.41) is 3.76. The normalized spacial score (nSPS) is 10.4. The Kier molecular flexibility index (Phi) is 2.57. The van der Waals surface area contributed by atoms with Crippen molar-refractivity contribution in [3.8, 4) is 0 Å². The number of hydrogen-bond acceptors (Lipinski definition) is 7. The molecule has 2 heterocycles. The van der Waals surface area contributed by atoms with Gasteiger partial charge in [-0.1, -0.05) is 4.49 Å². The fourth-order valence-electron chi connectivity index (χ4n) is 1.26. The van der Waals surface area contributed by atoms with Crippen molar-refractivity contribution in [2.45, 2.75) is 0 Å². The number of methoxy groups -OCH3 is 2. The summed E-state index contributed by atoms with van der Waals surface area (Å²) in [6, 6.07) is 0. The maximum Gasteiger partial charge on any atom is 0.418 e. The van der Waals surface area contributed by atoms with Crippen LogP contribution in [-0.2, 0) is 9.47 Å². The third-order valence-electron chi connectivity index (χ3n) is 1.98. The van der Waals surface area contributed by atoms with Crippen molar-refractivity contribution < 1.29 is 19.1 Å². The molecule has 84 valence electrons. The van der Waals surface area contributed by atoms with Crippen LogP contribution in [-0.4, -0.2) is 40.4 Å². The summed E-state index contributed by atoms with van der Waals surface area (Å²) >= 11 is 1.000. The number of hydrogen-bond donors (Lipinski definition) is 0. The van der Waals surface area contributed by atoms with E-state index >= 15 is 0 Å². The molecule has 2 aromatic rings. The smallest absolute Gasteiger partial charge is 0.418 e. The van der Waals surface area contributed by atoms with Crippen LogP contribution >= 0.6 is 11.5 Å². The molecule has 16 heavy (non-hydrogen) atoms. The van der Waals surface area contributed by atoms with Crippen LogP contribution in [0.2, 0.25) is 0 Å². The number of esters is 1. The van der Waals surface area contributed by atoms with Crippen molar-refractivity contribution in [2.24, 2.45) is 0 Å². The number of fused-ring (bicyclic) bond motifs is 1. The second kappa shape index (κ2) is 3.89. The van der Waals surface area contributed by atoms with E-state index in [9.17, 15) is 9.59 Å². The molecule has 0 atom stereocenters. The Morgan fingerprint density at radius 2 is 2.12 bits per heavy atom. The molecule has 0 aromatic carbocycles. The van der Waals surface area contributed by atoms with Gasteiger partial charge in [0.2, 0.25) is 0 Å². The van der Waals surface area contributed by atoms with E-state index < -0.39 is 12.1 Å². The van der Waals surface area contributed by atoms with Gasteiger partial charge in [0, 0.05) is 17.7 Å². The number of rotatable bonds is 1. The lowest BCUT2D eigenvalue weighted by Crippen LogP contribution is -2.09. The van der Waals surface area contributed by atoms with Crippen LogP contribution in [0, 0.1) is 0 Å². The van der Waals surface area contributed by atoms with Gasteiger partial charge < -0.3 is 9.47 Å². The predicted molar refractivity (Wildman–Crippen MR) is 54.5 cm³/mol. The molecule has 8 heteroatoms. The van der Waals surface area contributed by atoms with Crippen molar-refractivity contribution >= 4 is 33.9 Å². The Balaban J connectivity index is 2.64. The molecule has 0 saturated heterocycles. The summed E-state index contributed by atoms with van der Waals surface area (Å²) in [5.41, 5.74) is 0.527. The molecule has 0 saturated carbocycles. The van der Waals surface area contributed by atoms with E-state index in [4.69, 9.17) is 0 Å². The van der Waals surface area contributed by atoms with E-state index in [1.165, 1.54) is 25.0 Å². The molecule has 0 fully saturated rings. The third kappa shape index (κ3) is 1.43. The van der Waals surface area contributed by atoms with Crippen LogP contribution in [0.5, 0.6) is 0 Å². The number of aromatic nitrogens is 3. The second-order valence-corrected chi connectivity index (χ2v) is 3.53. The van der Waals surface area contributed by atoms with Gasteiger partial charge in [-0.3, -0.25) is 0 Å². The Morgan fingerprint density at radius 1 is 1.38 bits per heavy atom. The summed E-state index contributed by atoms with van der Waals surface area (Å²) < 4.78 is 14.0. The van der Waals surface area contributed by atoms with Gasteiger partial charge in [0.05, 0.1) is 14.2 Å². The summed E-state index contributed by atoms with van der Waals surface area (Å²) in [4.78, 5) is 23.2. The molecule has 7 nitrogen and oxygen atoms in total. The lowest BCUT2D eigenvalue weighted by atomic mass is 10.3. The lowest BCUT2D eigenvalue weighted by molar-refractivity contribution is 0.0602. The number of nitrogens with zero attached hydrogens (tertiary/aromatic N) is 3. The van der Waals surface area contributed by atoms with Crippen LogP contribution in [0.15, 0.2) is 6.20 Å². The highest BCUT2D eigenvalue weighted by atomic mass is 32.1. The predicted octanol–water partition coefficient (Wildman–Crippen LogP) is 0.894. The molecule has 0 spiro atoms. The zero-order valence-corrected chi connectivity index (χ0v) is 9.28. The van der Waals surface area contributed by atoms with Crippen molar-refractivity contribution in [3.05, 3.63) is 11.8 Å². The first-order valence-electron chi connectivity index (χ1n) is 4.19. The van der Waals surface area contributed by atoms with Gasteiger partial charge in [-0.2, -0.15) is 0 Å². The van der Waals surface area contributed by atoms with Crippen LogP contribution in [0.25, 0.3) is 10.3 Å². The first kappa shape index (κ1) is 10.6. The molecule has 2 aromatic heterocycles. The highest BCUT2D eigenvalue weighted by Gasteiger charge is 2.22. The Morgan fingerprint density at radius 3 is 2.75 bits per heavy atom. The van der Waals surface area contributed by atoms with Crippen molar-refractivity contribution in [1.82, 2.24) is 14.2 Å². The molecule has 0 aliphatic heterocycles. The minimum Gasteiger partial charge on any atom is -0.465 e. The van der Waals surface area contributed by atoms with E-state index in [2.05, 4.69) is 19.1 Å². The van der Waals surface area contributed by atoms with Crippen LogP contribution in [0.1, 0.15) is 10.4 Å². The first-order valence-corrected chi connectivity index (χ1v) is 4.96. The van der Waals surface area contributed by atoms with Gasteiger partial charge in [-0.15, -0.1) is 5.10 Å². The highest BCUT2D eigenvalue weighted by Crippen LogP contribution is 2.22. The quantitative estimate of drug-likeness (QED) is 0.689. The Labute approximate surface area is 93.7 Å². The van der Waals surface area contributed by atoms with E-state index in [0.29, 0.717) is 10.3 Å².